The zero-order valence-corrected chi connectivity index (χ0v) is 39.0. The minimum atomic E-state index is -4.41. The second-order valence-corrected chi connectivity index (χ2v) is 17.1. The molecule has 0 amide bonds. The fraction of sp³-hybridized carbons (Fsp3) is 0.600. The molecule has 10 heteroatoms. The Hall–Kier alpha value is -3.33. The highest BCUT2D eigenvalue weighted by atomic mass is 31.2. The van der Waals surface area contributed by atoms with E-state index in [1.807, 2.05) is 33.3 Å². The summed E-state index contributed by atoms with van der Waals surface area (Å²) in [5, 5.41) is 0. The van der Waals surface area contributed by atoms with Gasteiger partial charge in [-0.05, 0) is 89.9 Å². The molecule has 0 spiro atoms. The molecule has 60 heavy (non-hydrogen) atoms. The van der Waals surface area contributed by atoms with Crippen molar-refractivity contribution in [2.45, 2.75) is 148 Å². The number of nitrogens with zero attached hydrogens (tertiary/aromatic N) is 1. The molecule has 0 rings (SSSR count). The summed E-state index contributed by atoms with van der Waals surface area (Å²) in [4.78, 5) is 35.4. The Kier molecular flexibility index (Phi) is 38.8. The summed E-state index contributed by atoms with van der Waals surface area (Å²) in [6.45, 7) is 4.14. The average molecular weight is 857 g/mol. The smallest absolute Gasteiger partial charge is 0.462 e. The SMILES string of the molecule is CC/C=C/C/C=C/C/C=C/C/C=C/C/C=C/C/C=C/CCC(=O)O[C@H](COC(=O)CCCCCC/C=C/C/C=C/C/C=C/CCCCC)COP(=O)(O)OCC[N+](C)(C)C. The maximum atomic E-state index is 12.7. The molecule has 0 fully saturated rings. The number of allylic oxidation sites excluding steroid dienone is 18. The van der Waals surface area contributed by atoms with Crippen LogP contribution in [0, 0.1) is 0 Å². The quantitative estimate of drug-likeness (QED) is 0.0214. The summed E-state index contributed by atoms with van der Waals surface area (Å²) < 4.78 is 34.2. The summed E-state index contributed by atoms with van der Waals surface area (Å²) in [5.41, 5.74) is 0. The van der Waals surface area contributed by atoms with E-state index in [-0.39, 0.29) is 26.1 Å². The van der Waals surface area contributed by atoms with Crippen LogP contribution in [0.2, 0.25) is 0 Å². The molecule has 0 aliphatic rings. The summed E-state index contributed by atoms with van der Waals surface area (Å²) in [6.07, 6.45) is 55.8. The van der Waals surface area contributed by atoms with Gasteiger partial charge in [-0.25, -0.2) is 4.57 Å². The monoisotopic (exact) mass is 857 g/mol. The number of phosphoric ester groups is 1. The van der Waals surface area contributed by atoms with E-state index in [4.69, 9.17) is 18.5 Å². The fourth-order valence-corrected chi connectivity index (χ4v) is 6.02. The number of carbonyl (C=O) groups excluding carboxylic acids is 2. The molecule has 0 aliphatic carbocycles. The van der Waals surface area contributed by atoms with E-state index in [9.17, 15) is 19.0 Å². The Morgan fingerprint density at radius 2 is 0.983 bits per heavy atom. The Bertz CT molecular complexity index is 1380. The van der Waals surface area contributed by atoms with E-state index in [2.05, 4.69) is 111 Å². The summed E-state index contributed by atoms with van der Waals surface area (Å²) >= 11 is 0. The highest BCUT2D eigenvalue weighted by molar-refractivity contribution is 7.47. The number of esters is 2. The summed E-state index contributed by atoms with van der Waals surface area (Å²) in [6, 6.07) is 0. The molecular weight excluding hydrogens is 774 g/mol. The zero-order valence-electron chi connectivity index (χ0n) is 38.1. The lowest BCUT2D eigenvalue weighted by molar-refractivity contribution is -0.870. The normalized spacial score (nSPS) is 14.6. The molecule has 0 heterocycles. The Balaban J connectivity index is 4.54. The lowest BCUT2D eigenvalue weighted by atomic mass is 10.1. The highest BCUT2D eigenvalue weighted by Gasteiger charge is 2.27. The second-order valence-electron chi connectivity index (χ2n) is 15.7. The first-order chi connectivity index (χ1) is 29.0. The van der Waals surface area contributed by atoms with E-state index in [0.717, 1.165) is 77.0 Å². The van der Waals surface area contributed by atoms with E-state index >= 15 is 0 Å². The van der Waals surface area contributed by atoms with Crippen LogP contribution in [-0.2, 0) is 32.7 Å². The van der Waals surface area contributed by atoms with Crippen molar-refractivity contribution in [2.75, 3.05) is 47.5 Å². The molecule has 0 saturated heterocycles. The third-order valence-electron chi connectivity index (χ3n) is 8.80. The number of hydrogen-bond acceptors (Lipinski definition) is 7. The van der Waals surface area contributed by atoms with Crippen molar-refractivity contribution in [1.29, 1.82) is 0 Å². The molecule has 0 aromatic rings. The van der Waals surface area contributed by atoms with Gasteiger partial charge in [0.1, 0.15) is 19.8 Å². The predicted octanol–water partition coefficient (Wildman–Crippen LogP) is 13.1. The summed E-state index contributed by atoms with van der Waals surface area (Å²) in [5.74, 6) is -0.934. The molecule has 0 bridgehead atoms. The van der Waals surface area contributed by atoms with Crippen molar-refractivity contribution in [3.8, 4) is 0 Å². The van der Waals surface area contributed by atoms with Crippen LogP contribution in [0.1, 0.15) is 142 Å². The second kappa shape index (κ2) is 41.0. The molecule has 0 radical (unpaired) electrons. The van der Waals surface area contributed by atoms with Crippen LogP contribution >= 0.6 is 7.82 Å². The predicted molar refractivity (Wildman–Crippen MR) is 251 cm³/mol. The van der Waals surface area contributed by atoms with Crippen molar-refractivity contribution in [3.05, 3.63) is 109 Å². The van der Waals surface area contributed by atoms with Crippen LogP contribution in [-0.4, -0.2) is 74.9 Å². The number of carbonyl (C=O) groups is 2. The fourth-order valence-electron chi connectivity index (χ4n) is 5.28. The van der Waals surface area contributed by atoms with Gasteiger partial charge in [-0.3, -0.25) is 18.6 Å². The van der Waals surface area contributed by atoms with Crippen LogP contribution in [0.3, 0.4) is 0 Å². The first-order valence-electron chi connectivity index (χ1n) is 22.6. The molecule has 2 atom stereocenters. The van der Waals surface area contributed by atoms with Crippen LogP contribution in [0.5, 0.6) is 0 Å². The maximum absolute atomic E-state index is 12.7. The lowest BCUT2D eigenvalue weighted by Gasteiger charge is -2.24. The minimum absolute atomic E-state index is 0.00761. The average Bonchev–Trinajstić information content (AvgIpc) is 3.20. The van der Waals surface area contributed by atoms with Crippen molar-refractivity contribution < 1.29 is 42.1 Å². The van der Waals surface area contributed by atoms with Crippen LogP contribution in [0.25, 0.3) is 0 Å². The number of ether oxygens (including phenoxy) is 2. The van der Waals surface area contributed by atoms with E-state index in [1.54, 1.807) is 0 Å². The first kappa shape index (κ1) is 56.7. The molecule has 1 unspecified atom stereocenters. The van der Waals surface area contributed by atoms with Gasteiger partial charge in [0.2, 0.25) is 0 Å². The third-order valence-corrected chi connectivity index (χ3v) is 9.78. The lowest BCUT2D eigenvalue weighted by Crippen LogP contribution is -2.37. The van der Waals surface area contributed by atoms with Crippen molar-refractivity contribution >= 4 is 19.8 Å². The van der Waals surface area contributed by atoms with Gasteiger partial charge in [-0.2, -0.15) is 0 Å². The topological polar surface area (TPSA) is 108 Å². The van der Waals surface area contributed by atoms with Crippen LogP contribution < -0.4 is 0 Å². The van der Waals surface area contributed by atoms with Crippen LogP contribution in [0.15, 0.2) is 109 Å². The van der Waals surface area contributed by atoms with Crippen molar-refractivity contribution in [1.82, 2.24) is 0 Å². The Morgan fingerprint density at radius 1 is 0.533 bits per heavy atom. The van der Waals surface area contributed by atoms with Crippen LogP contribution in [0.4, 0.5) is 0 Å². The van der Waals surface area contributed by atoms with Crippen molar-refractivity contribution in [3.63, 3.8) is 0 Å². The highest BCUT2D eigenvalue weighted by Crippen LogP contribution is 2.43. The van der Waals surface area contributed by atoms with E-state index in [1.165, 1.54) is 25.7 Å². The number of hydrogen-bond donors (Lipinski definition) is 1. The maximum Gasteiger partial charge on any atom is 0.472 e. The van der Waals surface area contributed by atoms with E-state index < -0.39 is 32.5 Å². The zero-order chi connectivity index (χ0) is 44.3. The number of quaternary nitrogens is 1. The van der Waals surface area contributed by atoms with Gasteiger partial charge >= 0.3 is 19.8 Å². The molecule has 9 nitrogen and oxygen atoms in total. The van der Waals surface area contributed by atoms with Gasteiger partial charge in [-0.1, -0.05) is 149 Å². The van der Waals surface area contributed by atoms with Gasteiger partial charge in [0, 0.05) is 12.8 Å². The van der Waals surface area contributed by atoms with Gasteiger partial charge in [0.05, 0.1) is 27.7 Å². The molecule has 0 aromatic heterocycles. The Morgan fingerprint density at radius 3 is 1.47 bits per heavy atom. The first-order valence-corrected chi connectivity index (χ1v) is 24.1. The van der Waals surface area contributed by atoms with Gasteiger partial charge in [0.25, 0.3) is 0 Å². The molecular formula is C50H83NO8P+. The molecule has 1 N–H and O–H groups in total. The van der Waals surface area contributed by atoms with Gasteiger partial charge < -0.3 is 18.9 Å². The number of rotatable bonds is 39. The number of phosphoric acid groups is 1. The largest absolute Gasteiger partial charge is 0.472 e. The van der Waals surface area contributed by atoms with Crippen molar-refractivity contribution in [2.24, 2.45) is 0 Å². The molecule has 0 aliphatic heterocycles. The minimum Gasteiger partial charge on any atom is -0.462 e. The van der Waals surface area contributed by atoms with E-state index in [0.29, 0.717) is 23.9 Å². The number of unbranched alkanes of at least 4 members (excludes halogenated alkanes) is 7. The summed E-state index contributed by atoms with van der Waals surface area (Å²) in [7, 11) is 1.40. The van der Waals surface area contributed by atoms with Gasteiger partial charge in [0.15, 0.2) is 6.10 Å². The standard InChI is InChI=1S/C50H82NO8P/c1-6-8-10-12-14-16-18-20-22-24-25-27-29-31-33-35-37-39-41-43-50(53)59-48(47-58-60(54,55)57-45-44-51(3,4)5)46-56-49(52)42-40-38-36-34-32-30-28-26-23-21-19-17-15-13-11-9-7-2/h8,10,14-17,20-23,25,27-28,30-31,33,37,39,48H,6-7,9,11-13,18-19,24,26,29,32,34-36,38,40-47H2,1-5H3/p+1/b10-8+,16-14+,17-15+,22-20+,23-21+,27-25+,30-28+,33-31+,39-37+/t48-/m1/s1. The third kappa shape index (κ3) is 44.2. The van der Waals surface area contributed by atoms with Gasteiger partial charge in [-0.15, -0.1) is 0 Å². The number of likely N-dealkylation sites (N-methyl/N-ethyl adjacent to an activating group) is 1. The Labute approximate surface area is 366 Å². The molecule has 0 aromatic carbocycles. The molecule has 340 valence electrons. The molecule has 0 saturated carbocycles.